The molecular formula is C30H46BN9O11. The number of nitrogens with zero attached hydrogens (tertiary/aromatic N) is 4. The maximum absolute atomic E-state index is 13.0. The Kier molecular flexibility index (Phi) is 14.9. The molecule has 280 valence electrons. The van der Waals surface area contributed by atoms with Gasteiger partial charge in [-0.2, -0.15) is 0 Å². The lowest BCUT2D eigenvalue weighted by Gasteiger charge is -2.28. The Balaban J connectivity index is 1.30. The van der Waals surface area contributed by atoms with Gasteiger partial charge in [0, 0.05) is 58.0 Å². The second-order valence-corrected chi connectivity index (χ2v) is 12.3. The Labute approximate surface area is 295 Å². The Morgan fingerprint density at radius 3 is 2.29 bits per heavy atom. The Hall–Kier alpha value is -4.38. The third kappa shape index (κ3) is 12.4. The summed E-state index contributed by atoms with van der Waals surface area (Å²) in [6.07, 6.45) is 1.11. The zero-order chi connectivity index (χ0) is 36.9. The number of hydrogen-bond acceptors (Lipinski definition) is 17. The third-order valence-electron chi connectivity index (χ3n) is 8.49. The number of carbonyl (C=O) groups is 6. The van der Waals surface area contributed by atoms with E-state index < -0.39 is 55.3 Å². The van der Waals surface area contributed by atoms with Crippen LogP contribution in [0.3, 0.4) is 0 Å². The van der Waals surface area contributed by atoms with Gasteiger partial charge in [0.05, 0.1) is 37.8 Å². The minimum absolute atomic E-state index is 0.0410. The zero-order valence-electron chi connectivity index (χ0n) is 28.5. The molecule has 3 heterocycles. The van der Waals surface area contributed by atoms with E-state index in [4.69, 9.17) is 19.9 Å². The summed E-state index contributed by atoms with van der Waals surface area (Å²) in [5.41, 5.74) is 12.0. The summed E-state index contributed by atoms with van der Waals surface area (Å²) in [6, 6.07) is 5.30. The zero-order valence-corrected chi connectivity index (χ0v) is 28.5. The number of likely N-dealkylation sites (tertiary alicyclic amines) is 1. The van der Waals surface area contributed by atoms with Crippen LogP contribution in [0.15, 0.2) is 24.3 Å². The van der Waals surface area contributed by atoms with Crippen LogP contribution in [0.1, 0.15) is 30.1 Å². The Morgan fingerprint density at radius 2 is 1.61 bits per heavy atom. The molecule has 2 unspecified atom stereocenters. The number of benzene rings is 1. The first-order chi connectivity index (χ1) is 24.4. The molecule has 8 N–H and O–H groups in total. The van der Waals surface area contributed by atoms with Gasteiger partial charge in [-0.15, -0.1) is 0 Å². The average Bonchev–Trinajstić information content (AvgIpc) is 3.58. The molecule has 21 heteroatoms. The number of amides is 3. The van der Waals surface area contributed by atoms with Crippen molar-refractivity contribution < 1.29 is 53.0 Å². The van der Waals surface area contributed by atoms with E-state index in [1.165, 1.54) is 24.0 Å². The summed E-state index contributed by atoms with van der Waals surface area (Å²) in [6.45, 7) is 1.45. The van der Waals surface area contributed by atoms with Crippen LogP contribution in [0.2, 0.25) is 0 Å². The Bertz CT molecular complexity index is 1390. The van der Waals surface area contributed by atoms with Crippen molar-refractivity contribution in [2.45, 2.75) is 38.2 Å². The van der Waals surface area contributed by atoms with Crippen LogP contribution < -0.4 is 27.2 Å². The van der Waals surface area contributed by atoms with Gasteiger partial charge in [0.1, 0.15) is 6.04 Å². The van der Waals surface area contributed by atoms with Crippen LogP contribution in [0.5, 0.6) is 0 Å². The van der Waals surface area contributed by atoms with E-state index in [9.17, 15) is 38.8 Å². The molecule has 0 aromatic heterocycles. The molecule has 0 aliphatic carbocycles. The largest absolute Gasteiger partial charge is 0.475 e. The first kappa shape index (κ1) is 39.4. The molecule has 3 aliphatic rings. The quantitative estimate of drug-likeness (QED) is 0.0722. The molecule has 0 saturated carbocycles. The number of carbonyl (C=O) groups excluding carboxylic acids is 6. The van der Waals surface area contributed by atoms with Crippen molar-refractivity contribution in [3.63, 3.8) is 0 Å². The highest BCUT2D eigenvalue weighted by molar-refractivity contribution is 6.43. The van der Waals surface area contributed by atoms with E-state index in [1.54, 1.807) is 21.9 Å². The molecule has 20 nitrogen and oxygen atoms in total. The maximum Gasteiger partial charge on any atom is 0.475 e. The number of nitrogens with two attached hydrogens (primary N) is 1. The number of fused-ring (bicyclic) bond motifs is 4. The molecule has 2 bridgehead atoms. The summed E-state index contributed by atoms with van der Waals surface area (Å²) in [5.74, 6) is -4.37. The van der Waals surface area contributed by atoms with Gasteiger partial charge >= 0.3 is 31.5 Å². The van der Waals surface area contributed by atoms with Crippen molar-refractivity contribution in [3.05, 3.63) is 29.8 Å². The van der Waals surface area contributed by atoms with Crippen LogP contribution in [-0.2, 0) is 38.2 Å². The number of hydrogen-bond donors (Lipinski definition) is 7. The smallest absolute Gasteiger partial charge is 0.426 e. The predicted molar refractivity (Wildman–Crippen MR) is 179 cm³/mol. The van der Waals surface area contributed by atoms with Gasteiger partial charge < -0.3 is 45.5 Å². The van der Waals surface area contributed by atoms with Crippen molar-refractivity contribution in [1.29, 1.82) is 0 Å². The number of nitrogens with one attached hydrogen (secondary N) is 4. The second kappa shape index (κ2) is 19.3. The molecule has 4 rings (SSSR count). The lowest BCUT2D eigenvalue weighted by Crippen LogP contribution is -2.52. The number of rotatable bonds is 9. The molecule has 3 fully saturated rings. The van der Waals surface area contributed by atoms with Crippen molar-refractivity contribution in [2.24, 2.45) is 5.73 Å². The summed E-state index contributed by atoms with van der Waals surface area (Å²) in [4.78, 5) is 82.5. The van der Waals surface area contributed by atoms with Gasteiger partial charge in [-0.25, -0.2) is 0 Å². The van der Waals surface area contributed by atoms with Crippen molar-refractivity contribution >= 4 is 48.4 Å². The minimum atomic E-state index is -1.83. The summed E-state index contributed by atoms with van der Waals surface area (Å²) >= 11 is 0. The highest BCUT2D eigenvalue weighted by Crippen LogP contribution is 2.19. The number of anilines is 1. The van der Waals surface area contributed by atoms with E-state index in [2.05, 4.69) is 21.5 Å². The lowest BCUT2D eigenvalue weighted by molar-refractivity contribution is -0.257. The van der Waals surface area contributed by atoms with Crippen LogP contribution in [0.25, 0.3) is 0 Å². The monoisotopic (exact) mass is 719 g/mol. The molecule has 51 heavy (non-hydrogen) atoms. The molecule has 3 saturated heterocycles. The first-order valence-electron chi connectivity index (χ1n) is 16.7. The van der Waals surface area contributed by atoms with Crippen molar-refractivity contribution in [2.75, 3.05) is 84.1 Å². The summed E-state index contributed by atoms with van der Waals surface area (Å²) in [5, 5.41) is 24.6. The van der Waals surface area contributed by atoms with Gasteiger partial charge in [0.25, 0.3) is 11.8 Å². The Morgan fingerprint density at radius 1 is 0.941 bits per heavy atom. The van der Waals surface area contributed by atoms with Crippen molar-refractivity contribution in [1.82, 2.24) is 35.7 Å². The van der Waals surface area contributed by atoms with Crippen LogP contribution >= 0.6 is 0 Å². The van der Waals surface area contributed by atoms with Gasteiger partial charge in [-0.05, 0) is 44.0 Å². The fraction of sp³-hybridized carbons (Fsp3) is 0.600. The van der Waals surface area contributed by atoms with Crippen LogP contribution in [0.4, 0.5) is 5.69 Å². The molecule has 0 radical (unpaired) electrons. The molecule has 0 spiro atoms. The molecule has 3 aliphatic heterocycles. The highest BCUT2D eigenvalue weighted by atomic mass is 16.9. The van der Waals surface area contributed by atoms with Crippen LogP contribution in [0, 0.1) is 0 Å². The fourth-order valence-electron chi connectivity index (χ4n) is 5.70. The minimum Gasteiger partial charge on any atom is -0.426 e. The van der Waals surface area contributed by atoms with Gasteiger partial charge in [-0.1, -0.05) is 0 Å². The maximum atomic E-state index is 13.0. The lowest BCUT2D eigenvalue weighted by atomic mass is 9.78. The van der Waals surface area contributed by atoms with E-state index in [1.807, 2.05) is 4.90 Å². The molecular weight excluding hydrogens is 673 g/mol. The first-order valence-corrected chi connectivity index (χ1v) is 16.7. The van der Waals surface area contributed by atoms with Gasteiger partial charge in [0.15, 0.2) is 0 Å². The van der Waals surface area contributed by atoms with E-state index in [0.717, 1.165) is 0 Å². The average molecular weight is 720 g/mol. The normalized spacial score (nSPS) is 23.6. The summed E-state index contributed by atoms with van der Waals surface area (Å²) < 4.78 is 15.2. The second-order valence-electron chi connectivity index (χ2n) is 12.3. The van der Waals surface area contributed by atoms with E-state index in [-0.39, 0.29) is 44.3 Å². The number of ether oxygens (including phenoxy) is 3. The van der Waals surface area contributed by atoms with Gasteiger partial charge in [0.2, 0.25) is 5.91 Å². The standard InChI is InChI=1S/C30H46BN9O11/c1-20(29(46)40-9-2-3-23(40)31(47)48)34-28(45)21-4-6-22(7-5-21)35-36-24(41)16-37-10-8-33-15-25(42)49-30-50-26(43)17-38(12-11-37)13-14-39(19-32)18-27(44)51-30/h4-7,20,23,30,33,35,47-48H,2-3,8-19,32H2,1H3,(H,34,45)(H,36,41)/t20-,23+,30?/m1/s1. The molecule has 3 amide bonds. The highest BCUT2D eigenvalue weighted by Gasteiger charge is 2.38. The van der Waals surface area contributed by atoms with Gasteiger partial charge in [-0.3, -0.25) is 54.3 Å². The fourth-order valence-corrected chi connectivity index (χ4v) is 5.70. The molecule has 1 aromatic carbocycles. The number of esters is 3. The van der Waals surface area contributed by atoms with Crippen LogP contribution in [-0.4, -0.2) is 170 Å². The summed E-state index contributed by atoms with van der Waals surface area (Å²) in [7, 11) is -1.65. The number of hydrazine groups is 1. The van der Waals surface area contributed by atoms with Crippen molar-refractivity contribution in [3.8, 4) is 0 Å². The molecule has 1 aromatic rings. The third-order valence-corrected chi connectivity index (χ3v) is 8.49. The molecule has 4 atom stereocenters. The van der Waals surface area contributed by atoms with E-state index in [0.29, 0.717) is 64.3 Å². The van der Waals surface area contributed by atoms with E-state index >= 15 is 0 Å². The predicted octanol–water partition coefficient (Wildman–Crippen LogP) is -4.40. The SMILES string of the molecule is C[C@@H](NC(=O)c1ccc(NNC(=O)CN2CCNCC(=O)OC3OC(=O)CN(CN)CCN(CC2)CC(=O)O3)cc1)C(=O)N1CCC[C@H]1B(O)O. The topological polar surface area (TPSA) is 258 Å².